The van der Waals surface area contributed by atoms with Crippen molar-refractivity contribution in [3.05, 3.63) is 59.7 Å². The molecule has 2 aromatic carbocycles. The number of aromatic hydroxyl groups is 1. The van der Waals surface area contributed by atoms with Crippen molar-refractivity contribution >= 4 is 17.5 Å². The normalized spacial score (nSPS) is 17.2. The zero-order valence-corrected chi connectivity index (χ0v) is 14.2. The van der Waals surface area contributed by atoms with Crippen LogP contribution in [0.1, 0.15) is 17.5 Å². The lowest BCUT2D eigenvalue weighted by Gasteiger charge is -2.17. The Kier molecular flexibility index (Phi) is 5.07. The SMILES string of the molecule is O=C(Nc1ccc(O)cc1)[C@H]1CC(=O)N(Cc2cccc(C(F)(F)F)c2)C1. The van der Waals surface area contributed by atoms with Crippen LogP contribution in [0.25, 0.3) is 0 Å². The molecule has 27 heavy (non-hydrogen) atoms. The number of amides is 2. The second-order valence-electron chi connectivity index (χ2n) is 6.41. The molecule has 0 saturated carbocycles. The molecule has 3 rings (SSSR count). The minimum atomic E-state index is -4.45. The number of rotatable bonds is 4. The standard InChI is InChI=1S/C19H17F3N2O3/c20-19(21,22)14-3-1-2-12(8-14)10-24-11-13(9-17(24)26)18(27)23-15-4-6-16(25)7-5-15/h1-8,13,25H,9-11H2,(H,23,27)/t13-/m0/s1. The van der Waals surface area contributed by atoms with Gasteiger partial charge >= 0.3 is 6.18 Å². The Bertz CT molecular complexity index is 850. The van der Waals surface area contributed by atoms with Gasteiger partial charge in [0.25, 0.3) is 0 Å². The predicted molar refractivity (Wildman–Crippen MR) is 91.7 cm³/mol. The van der Waals surface area contributed by atoms with E-state index in [1.165, 1.54) is 41.3 Å². The third-order valence-corrected chi connectivity index (χ3v) is 4.35. The first-order valence-electron chi connectivity index (χ1n) is 8.26. The molecular formula is C19H17F3N2O3. The lowest BCUT2D eigenvalue weighted by molar-refractivity contribution is -0.137. The van der Waals surface area contributed by atoms with E-state index in [9.17, 15) is 27.9 Å². The van der Waals surface area contributed by atoms with E-state index in [0.717, 1.165) is 12.1 Å². The summed E-state index contributed by atoms with van der Waals surface area (Å²) < 4.78 is 38.4. The van der Waals surface area contributed by atoms with Crippen molar-refractivity contribution in [1.82, 2.24) is 4.90 Å². The van der Waals surface area contributed by atoms with Gasteiger partial charge in [0.2, 0.25) is 11.8 Å². The van der Waals surface area contributed by atoms with Crippen LogP contribution in [0.5, 0.6) is 5.75 Å². The highest BCUT2D eigenvalue weighted by Crippen LogP contribution is 2.30. The number of phenolic OH excluding ortho intramolecular Hbond substituents is 1. The zero-order chi connectivity index (χ0) is 19.6. The van der Waals surface area contributed by atoms with E-state index in [1.807, 2.05) is 0 Å². The van der Waals surface area contributed by atoms with E-state index in [2.05, 4.69) is 5.32 Å². The van der Waals surface area contributed by atoms with Crippen molar-refractivity contribution < 1.29 is 27.9 Å². The Labute approximate surface area is 153 Å². The van der Waals surface area contributed by atoms with Gasteiger partial charge in [-0.3, -0.25) is 9.59 Å². The van der Waals surface area contributed by atoms with Crippen LogP contribution >= 0.6 is 0 Å². The molecular weight excluding hydrogens is 361 g/mol. The van der Waals surface area contributed by atoms with Gasteiger partial charge in [-0.1, -0.05) is 12.1 Å². The Morgan fingerprint density at radius 2 is 1.89 bits per heavy atom. The highest BCUT2D eigenvalue weighted by Gasteiger charge is 2.35. The van der Waals surface area contributed by atoms with E-state index in [0.29, 0.717) is 11.3 Å². The van der Waals surface area contributed by atoms with Crippen LogP contribution in [0, 0.1) is 5.92 Å². The molecule has 1 aliphatic heterocycles. The molecule has 0 spiro atoms. The van der Waals surface area contributed by atoms with Gasteiger partial charge in [-0.05, 0) is 42.0 Å². The molecule has 2 N–H and O–H groups in total. The lowest BCUT2D eigenvalue weighted by atomic mass is 10.1. The Morgan fingerprint density at radius 1 is 1.19 bits per heavy atom. The number of hydrogen-bond acceptors (Lipinski definition) is 3. The maximum atomic E-state index is 12.8. The quantitative estimate of drug-likeness (QED) is 0.802. The number of nitrogens with zero attached hydrogens (tertiary/aromatic N) is 1. The van der Waals surface area contributed by atoms with Gasteiger partial charge in [-0.15, -0.1) is 0 Å². The molecule has 1 atom stereocenters. The van der Waals surface area contributed by atoms with Gasteiger partial charge < -0.3 is 15.3 Å². The summed E-state index contributed by atoms with van der Waals surface area (Å²) in [6.07, 6.45) is -4.44. The van der Waals surface area contributed by atoms with Gasteiger partial charge in [0.05, 0.1) is 11.5 Å². The molecule has 2 aromatic rings. The van der Waals surface area contributed by atoms with E-state index in [-0.39, 0.29) is 37.1 Å². The number of halogens is 3. The van der Waals surface area contributed by atoms with Crippen molar-refractivity contribution in [2.24, 2.45) is 5.92 Å². The average Bonchev–Trinajstić information content (AvgIpc) is 2.97. The molecule has 5 nitrogen and oxygen atoms in total. The van der Waals surface area contributed by atoms with E-state index in [4.69, 9.17) is 0 Å². The van der Waals surface area contributed by atoms with Gasteiger partial charge in [0, 0.05) is 25.2 Å². The van der Waals surface area contributed by atoms with Crippen LogP contribution in [0.2, 0.25) is 0 Å². The molecule has 142 valence electrons. The number of nitrogens with one attached hydrogen (secondary N) is 1. The number of likely N-dealkylation sites (tertiary alicyclic amines) is 1. The largest absolute Gasteiger partial charge is 0.508 e. The number of hydrogen-bond donors (Lipinski definition) is 2. The van der Waals surface area contributed by atoms with Crippen molar-refractivity contribution in [3.63, 3.8) is 0 Å². The zero-order valence-electron chi connectivity index (χ0n) is 14.2. The van der Waals surface area contributed by atoms with Crippen LogP contribution in [-0.2, 0) is 22.3 Å². The van der Waals surface area contributed by atoms with Gasteiger partial charge in [0.15, 0.2) is 0 Å². The topological polar surface area (TPSA) is 69.6 Å². The average molecular weight is 378 g/mol. The summed E-state index contributed by atoms with van der Waals surface area (Å²) in [5, 5.41) is 11.9. The highest BCUT2D eigenvalue weighted by molar-refractivity contribution is 5.97. The summed E-state index contributed by atoms with van der Waals surface area (Å²) in [6.45, 7) is 0.157. The molecule has 1 aliphatic rings. The van der Waals surface area contributed by atoms with Crippen molar-refractivity contribution in [1.29, 1.82) is 0 Å². The van der Waals surface area contributed by atoms with Crippen LogP contribution in [0.15, 0.2) is 48.5 Å². The predicted octanol–water partition coefficient (Wildman–Crippen LogP) is 3.40. The molecule has 0 aliphatic carbocycles. The maximum Gasteiger partial charge on any atom is 0.416 e. The monoisotopic (exact) mass is 378 g/mol. The smallest absolute Gasteiger partial charge is 0.416 e. The van der Waals surface area contributed by atoms with Gasteiger partial charge in [-0.25, -0.2) is 0 Å². The Morgan fingerprint density at radius 3 is 2.56 bits per heavy atom. The van der Waals surface area contributed by atoms with Gasteiger partial charge in [-0.2, -0.15) is 13.2 Å². The molecule has 2 amide bonds. The number of alkyl halides is 3. The molecule has 1 heterocycles. The minimum absolute atomic E-state index is 0.00286. The van der Waals surface area contributed by atoms with E-state index in [1.54, 1.807) is 0 Å². The molecule has 1 saturated heterocycles. The summed E-state index contributed by atoms with van der Waals surface area (Å²) in [4.78, 5) is 25.9. The fourth-order valence-corrected chi connectivity index (χ4v) is 2.96. The summed E-state index contributed by atoms with van der Waals surface area (Å²) in [5.41, 5.74) is 0.0765. The fraction of sp³-hybridized carbons (Fsp3) is 0.263. The Balaban J connectivity index is 1.63. The minimum Gasteiger partial charge on any atom is -0.508 e. The van der Waals surface area contributed by atoms with Crippen molar-refractivity contribution in [3.8, 4) is 5.75 Å². The molecule has 0 aromatic heterocycles. The Hall–Kier alpha value is -3.03. The third kappa shape index (κ3) is 4.58. The lowest BCUT2D eigenvalue weighted by Crippen LogP contribution is -2.28. The van der Waals surface area contributed by atoms with Crippen LogP contribution < -0.4 is 5.32 Å². The number of carbonyl (C=O) groups is 2. The molecule has 0 bridgehead atoms. The third-order valence-electron chi connectivity index (χ3n) is 4.35. The summed E-state index contributed by atoms with van der Waals surface area (Å²) >= 11 is 0. The molecule has 1 fully saturated rings. The molecule has 0 radical (unpaired) electrons. The number of benzene rings is 2. The number of carbonyl (C=O) groups excluding carboxylic acids is 2. The second kappa shape index (κ2) is 7.30. The number of anilines is 1. The first kappa shape index (κ1) is 18.8. The van der Waals surface area contributed by atoms with E-state index >= 15 is 0 Å². The first-order valence-corrected chi connectivity index (χ1v) is 8.26. The highest BCUT2D eigenvalue weighted by atomic mass is 19.4. The summed E-state index contributed by atoms with van der Waals surface area (Å²) in [6, 6.07) is 10.7. The first-order chi connectivity index (χ1) is 12.7. The summed E-state index contributed by atoms with van der Waals surface area (Å²) in [7, 11) is 0. The van der Waals surface area contributed by atoms with Gasteiger partial charge in [0.1, 0.15) is 5.75 Å². The fourth-order valence-electron chi connectivity index (χ4n) is 2.96. The molecule has 8 heteroatoms. The van der Waals surface area contributed by atoms with E-state index < -0.39 is 17.7 Å². The maximum absolute atomic E-state index is 12.8. The van der Waals surface area contributed by atoms with Crippen LogP contribution in [0.3, 0.4) is 0 Å². The van der Waals surface area contributed by atoms with Crippen molar-refractivity contribution in [2.45, 2.75) is 19.1 Å². The van der Waals surface area contributed by atoms with Crippen molar-refractivity contribution in [2.75, 3.05) is 11.9 Å². The number of phenols is 1. The van der Waals surface area contributed by atoms with Crippen LogP contribution in [0.4, 0.5) is 18.9 Å². The molecule has 0 unspecified atom stereocenters. The second-order valence-corrected chi connectivity index (χ2v) is 6.41. The van der Waals surface area contributed by atoms with Crippen LogP contribution in [-0.4, -0.2) is 28.4 Å². The summed E-state index contributed by atoms with van der Waals surface area (Å²) in [5.74, 6) is -1.15.